The highest BCUT2D eigenvalue weighted by Gasteiger charge is 2.22. The molecule has 0 radical (unpaired) electrons. The Hall–Kier alpha value is -2.16. The largest absolute Gasteiger partial charge is 0.493 e. The van der Waals surface area contributed by atoms with Gasteiger partial charge in [-0.3, -0.25) is 0 Å². The zero-order valence-corrected chi connectivity index (χ0v) is 20.3. The quantitative estimate of drug-likeness (QED) is 0.274. The fraction of sp³-hybridized carbons (Fsp3) is 0.435. The zero-order chi connectivity index (χ0) is 20.5. The number of benzene rings is 2. The van der Waals surface area contributed by atoms with E-state index in [2.05, 4.69) is 23.6 Å². The summed E-state index contributed by atoms with van der Waals surface area (Å²) in [5.74, 6) is 3.87. The van der Waals surface area contributed by atoms with E-state index in [0.717, 1.165) is 41.9 Å². The number of rotatable bonds is 10. The van der Waals surface area contributed by atoms with Crippen molar-refractivity contribution in [3.63, 3.8) is 0 Å². The summed E-state index contributed by atoms with van der Waals surface area (Å²) in [4.78, 5) is 4.70. The lowest BCUT2D eigenvalue weighted by molar-refractivity contribution is 0.296. The first-order chi connectivity index (χ1) is 14.2. The van der Waals surface area contributed by atoms with Crippen molar-refractivity contribution in [2.45, 2.75) is 32.9 Å². The van der Waals surface area contributed by atoms with Crippen molar-refractivity contribution in [3.05, 3.63) is 53.6 Å². The molecule has 0 spiro atoms. The van der Waals surface area contributed by atoms with Crippen LogP contribution in [0.15, 0.2) is 47.5 Å². The summed E-state index contributed by atoms with van der Waals surface area (Å²) in [7, 11) is 3.27. The van der Waals surface area contributed by atoms with Crippen molar-refractivity contribution >= 4 is 29.9 Å². The number of hydrogen-bond acceptors (Lipinski definition) is 4. The zero-order valence-electron chi connectivity index (χ0n) is 17.9. The monoisotopic (exact) mass is 525 g/mol. The number of nitrogens with one attached hydrogen (secondary N) is 2. The second-order valence-electron chi connectivity index (χ2n) is 7.10. The molecule has 2 N–H and O–H groups in total. The van der Waals surface area contributed by atoms with E-state index in [0.29, 0.717) is 24.6 Å². The van der Waals surface area contributed by atoms with Gasteiger partial charge in [-0.1, -0.05) is 24.3 Å². The fourth-order valence-corrected chi connectivity index (χ4v) is 2.95. The topological polar surface area (TPSA) is 64.1 Å². The van der Waals surface area contributed by atoms with Crippen LogP contribution in [0.1, 0.15) is 30.9 Å². The Morgan fingerprint density at radius 1 is 1.00 bits per heavy atom. The van der Waals surface area contributed by atoms with Gasteiger partial charge in [-0.25, -0.2) is 4.99 Å². The summed E-state index contributed by atoms with van der Waals surface area (Å²) in [5.41, 5.74) is 2.18. The Labute approximate surface area is 196 Å². The third-order valence-corrected chi connectivity index (χ3v) is 4.80. The van der Waals surface area contributed by atoms with Gasteiger partial charge in [0.1, 0.15) is 5.75 Å². The molecule has 0 atom stereocenters. The Kier molecular flexibility index (Phi) is 10.1. The van der Waals surface area contributed by atoms with Gasteiger partial charge in [0.05, 0.1) is 27.4 Å². The molecule has 0 saturated heterocycles. The molecular formula is C23H32IN3O3. The minimum absolute atomic E-state index is 0. The van der Waals surface area contributed by atoms with Gasteiger partial charge in [0.15, 0.2) is 17.5 Å². The van der Waals surface area contributed by atoms with Crippen LogP contribution >= 0.6 is 24.0 Å². The smallest absolute Gasteiger partial charge is 0.191 e. The van der Waals surface area contributed by atoms with E-state index in [-0.39, 0.29) is 24.0 Å². The molecule has 1 fully saturated rings. The van der Waals surface area contributed by atoms with Crippen molar-refractivity contribution < 1.29 is 14.2 Å². The summed E-state index contributed by atoms with van der Waals surface area (Å²) in [6.07, 6.45) is 2.57. The van der Waals surface area contributed by atoms with Crippen LogP contribution in [0, 0.1) is 5.92 Å². The molecule has 0 amide bonds. The maximum atomic E-state index is 6.00. The summed E-state index contributed by atoms with van der Waals surface area (Å²) in [6, 6.07) is 14.0. The summed E-state index contributed by atoms with van der Waals surface area (Å²) in [5, 5.41) is 6.70. The minimum Gasteiger partial charge on any atom is -0.493 e. The third-order valence-electron chi connectivity index (χ3n) is 4.80. The van der Waals surface area contributed by atoms with Gasteiger partial charge >= 0.3 is 0 Å². The first-order valence-corrected chi connectivity index (χ1v) is 10.2. The molecule has 30 heavy (non-hydrogen) atoms. The van der Waals surface area contributed by atoms with Crippen molar-refractivity contribution in [1.29, 1.82) is 0 Å². The van der Waals surface area contributed by atoms with Crippen LogP contribution in [0.25, 0.3) is 0 Å². The molecule has 2 aromatic carbocycles. The highest BCUT2D eigenvalue weighted by Crippen LogP contribution is 2.30. The summed E-state index contributed by atoms with van der Waals surface area (Å²) in [6.45, 7) is 4.84. The maximum absolute atomic E-state index is 6.00. The van der Waals surface area contributed by atoms with Crippen LogP contribution in [0.5, 0.6) is 17.2 Å². The number of hydrogen-bond donors (Lipinski definition) is 2. The van der Waals surface area contributed by atoms with Gasteiger partial charge in [-0.15, -0.1) is 24.0 Å². The minimum atomic E-state index is 0. The Bertz CT molecular complexity index is 825. The van der Waals surface area contributed by atoms with Crippen LogP contribution < -0.4 is 24.8 Å². The lowest BCUT2D eigenvalue weighted by Gasteiger charge is -2.15. The molecule has 0 bridgehead atoms. The molecule has 2 aromatic rings. The van der Waals surface area contributed by atoms with Crippen molar-refractivity contribution in [1.82, 2.24) is 10.6 Å². The third kappa shape index (κ3) is 7.27. The normalized spacial score (nSPS) is 13.2. The Morgan fingerprint density at radius 3 is 2.47 bits per heavy atom. The van der Waals surface area contributed by atoms with Crippen LogP contribution in [0.4, 0.5) is 0 Å². The number of aliphatic imine (C=N–C) groups is 1. The SMILES string of the molecule is CCNC(=NCc1ccc(OC)c(OC)c1)NCc1ccccc1OCC1CC1.I. The Morgan fingerprint density at radius 2 is 1.77 bits per heavy atom. The average Bonchev–Trinajstić information content (AvgIpc) is 3.59. The van der Waals surface area contributed by atoms with Gasteiger partial charge in [0.25, 0.3) is 0 Å². The number of guanidine groups is 1. The van der Waals surface area contributed by atoms with E-state index in [1.807, 2.05) is 36.4 Å². The second kappa shape index (κ2) is 12.5. The maximum Gasteiger partial charge on any atom is 0.191 e. The lowest BCUT2D eigenvalue weighted by Crippen LogP contribution is -2.36. The van der Waals surface area contributed by atoms with Crippen molar-refractivity contribution in [2.24, 2.45) is 10.9 Å². The molecule has 7 heteroatoms. The molecular weight excluding hydrogens is 493 g/mol. The lowest BCUT2D eigenvalue weighted by atomic mass is 10.2. The molecule has 0 unspecified atom stereocenters. The van der Waals surface area contributed by atoms with E-state index in [1.165, 1.54) is 12.8 Å². The molecule has 0 heterocycles. The van der Waals surface area contributed by atoms with E-state index in [4.69, 9.17) is 19.2 Å². The highest BCUT2D eigenvalue weighted by molar-refractivity contribution is 14.0. The molecule has 6 nitrogen and oxygen atoms in total. The number of nitrogens with zero attached hydrogens (tertiary/aromatic N) is 1. The number of ether oxygens (including phenoxy) is 3. The number of halogens is 1. The standard InChI is InChI=1S/C23H31N3O3.HI/c1-4-24-23(25-14-18-11-12-21(27-2)22(13-18)28-3)26-15-19-7-5-6-8-20(19)29-16-17-9-10-17;/h5-8,11-13,17H,4,9-10,14-16H2,1-3H3,(H2,24,25,26);1H. The molecule has 1 aliphatic carbocycles. The van der Waals surface area contributed by atoms with Crippen LogP contribution in [0.3, 0.4) is 0 Å². The van der Waals surface area contributed by atoms with E-state index < -0.39 is 0 Å². The van der Waals surface area contributed by atoms with E-state index in [9.17, 15) is 0 Å². The summed E-state index contributed by atoms with van der Waals surface area (Å²) < 4.78 is 16.7. The molecule has 164 valence electrons. The second-order valence-corrected chi connectivity index (χ2v) is 7.10. The van der Waals surface area contributed by atoms with E-state index >= 15 is 0 Å². The molecule has 0 aromatic heterocycles. The van der Waals surface area contributed by atoms with Crippen LogP contribution in [-0.2, 0) is 13.1 Å². The highest BCUT2D eigenvalue weighted by atomic mass is 127. The van der Waals surface area contributed by atoms with Crippen molar-refractivity contribution in [2.75, 3.05) is 27.4 Å². The first kappa shape index (κ1) is 24.1. The number of para-hydroxylation sites is 1. The van der Waals surface area contributed by atoms with Crippen molar-refractivity contribution in [3.8, 4) is 17.2 Å². The fourth-order valence-electron chi connectivity index (χ4n) is 2.95. The van der Waals surface area contributed by atoms with Crippen LogP contribution in [0.2, 0.25) is 0 Å². The van der Waals surface area contributed by atoms with Gasteiger partial charge < -0.3 is 24.8 Å². The predicted molar refractivity (Wildman–Crippen MR) is 131 cm³/mol. The van der Waals surface area contributed by atoms with Crippen LogP contribution in [-0.4, -0.2) is 33.3 Å². The average molecular weight is 525 g/mol. The van der Waals surface area contributed by atoms with Gasteiger partial charge in [-0.05, 0) is 49.4 Å². The molecule has 0 aliphatic heterocycles. The Balaban J connectivity index is 0.00000320. The predicted octanol–water partition coefficient (Wildman–Crippen LogP) is 4.37. The number of methoxy groups -OCH3 is 2. The molecule has 1 saturated carbocycles. The molecule has 1 aliphatic rings. The summed E-state index contributed by atoms with van der Waals surface area (Å²) >= 11 is 0. The van der Waals surface area contributed by atoms with Gasteiger partial charge in [0.2, 0.25) is 0 Å². The van der Waals surface area contributed by atoms with E-state index in [1.54, 1.807) is 14.2 Å². The van der Waals surface area contributed by atoms with Gasteiger partial charge in [-0.2, -0.15) is 0 Å². The first-order valence-electron chi connectivity index (χ1n) is 10.2. The molecule has 3 rings (SSSR count). The van der Waals surface area contributed by atoms with Gasteiger partial charge in [0, 0.05) is 18.7 Å².